The maximum absolute atomic E-state index is 14.3. The minimum absolute atomic E-state index is 0.0593. The number of nitrogens with one attached hydrogen (secondary N) is 1. The summed E-state index contributed by atoms with van der Waals surface area (Å²) in [6, 6.07) is 14.1. The summed E-state index contributed by atoms with van der Waals surface area (Å²) in [4.78, 5) is 21.0. The molecule has 5 rings (SSSR count). The van der Waals surface area contributed by atoms with Crippen molar-refractivity contribution >= 4 is 29.1 Å². The maximum Gasteiger partial charge on any atom is 0.228 e. The molecule has 2 fully saturated rings. The van der Waals surface area contributed by atoms with Crippen LogP contribution in [0.25, 0.3) is 0 Å². The molecule has 0 spiro atoms. The molecule has 9 nitrogen and oxygen atoms in total. The Kier molecular flexibility index (Phi) is 13.6. The van der Waals surface area contributed by atoms with Crippen LogP contribution in [0.3, 0.4) is 0 Å². The molecule has 0 radical (unpaired) electrons. The predicted molar refractivity (Wildman–Crippen MR) is 188 cm³/mol. The lowest BCUT2D eigenvalue weighted by Crippen LogP contribution is -2.47. The molecule has 0 unspecified atom stereocenters. The number of aryl methyl sites for hydroxylation is 2. The third-order valence-electron chi connectivity index (χ3n) is 8.73. The van der Waals surface area contributed by atoms with Crippen LogP contribution in [0.2, 0.25) is 10.0 Å². The molecule has 260 valence electrons. The van der Waals surface area contributed by atoms with Crippen LogP contribution >= 0.6 is 23.2 Å². The number of hydrogen-bond acceptors (Lipinski definition) is 8. The van der Waals surface area contributed by atoms with Crippen molar-refractivity contribution in [1.29, 1.82) is 0 Å². The van der Waals surface area contributed by atoms with Gasteiger partial charge in [0.15, 0.2) is 5.75 Å². The number of amides is 1. The highest BCUT2D eigenvalue weighted by molar-refractivity contribution is 6.37. The molecule has 48 heavy (non-hydrogen) atoms. The van der Waals surface area contributed by atoms with Gasteiger partial charge in [-0.05, 0) is 98.0 Å². The highest BCUT2D eigenvalue weighted by Crippen LogP contribution is 2.37. The van der Waals surface area contributed by atoms with Crippen LogP contribution < -0.4 is 19.5 Å². The highest BCUT2D eigenvalue weighted by atomic mass is 35.5. The van der Waals surface area contributed by atoms with Gasteiger partial charge < -0.3 is 33.9 Å². The van der Waals surface area contributed by atoms with E-state index in [4.69, 9.17) is 46.9 Å². The van der Waals surface area contributed by atoms with Gasteiger partial charge in [-0.1, -0.05) is 35.3 Å². The lowest BCUT2D eigenvalue weighted by molar-refractivity contribution is -0.138. The van der Waals surface area contributed by atoms with E-state index in [0.29, 0.717) is 54.6 Å². The number of pyridine rings is 1. The van der Waals surface area contributed by atoms with E-state index in [-0.39, 0.29) is 37.0 Å². The molecular formula is C37H47Cl2N3O6. The Morgan fingerprint density at radius 3 is 2.33 bits per heavy atom. The number of piperidine rings is 1. The molecule has 2 aromatic carbocycles. The summed E-state index contributed by atoms with van der Waals surface area (Å²) in [7, 11) is 3.39. The standard InChI is InChI=1S/C37H47Cl2N3O6/c1-25-17-33(38)36(34(39)18-25)48-16-15-47-35-9-6-28(22-41-35)31-10-11-40-23-32(31)37(43)42(29-7-8-29)24-27-19-26(5-4-12-44-2)20-30(21-27)46-14-13-45-3/h6,9,17-22,29,31-32,40H,4-5,7-8,10-16,23-24H2,1-3H3/t31-,32+/m1/s1. The van der Waals surface area contributed by atoms with Crippen LogP contribution in [0.4, 0.5) is 0 Å². The summed E-state index contributed by atoms with van der Waals surface area (Å²) in [5.41, 5.74) is 4.27. The summed E-state index contributed by atoms with van der Waals surface area (Å²) >= 11 is 12.6. The second kappa shape index (κ2) is 18.1. The van der Waals surface area contributed by atoms with Crippen molar-refractivity contribution in [2.75, 3.05) is 60.3 Å². The van der Waals surface area contributed by atoms with Crippen LogP contribution in [0.15, 0.2) is 48.7 Å². The lowest BCUT2D eigenvalue weighted by atomic mass is 9.81. The van der Waals surface area contributed by atoms with E-state index in [1.54, 1.807) is 14.2 Å². The Balaban J connectivity index is 1.23. The Morgan fingerprint density at radius 2 is 1.62 bits per heavy atom. The number of halogens is 2. The van der Waals surface area contributed by atoms with Crippen LogP contribution in [0.1, 0.15) is 53.9 Å². The van der Waals surface area contributed by atoms with E-state index in [0.717, 1.165) is 61.1 Å². The zero-order valence-electron chi connectivity index (χ0n) is 28.1. The fourth-order valence-corrected chi connectivity index (χ4v) is 6.93. The summed E-state index contributed by atoms with van der Waals surface area (Å²) in [6.45, 7) is 6.20. The quantitative estimate of drug-likeness (QED) is 0.148. The fraction of sp³-hybridized carbons (Fsp3) is 0.514. The van der Waals surface area contributed by atoms with Crippen molar-refractivity contribution in [3.63, 3.8) is 0 Å². The zero-order valence-corrected chi connectivity index (χ0v) is 29.7. The number of hydrogen-bond donors (Lipinski definition) is 1. The molecule has 1 amide bonds. The largest absolute Gasteiger partial charge is 0.491 e. The first kappa shape index (κ1) is 36.2. The highest BCUT2D eigenvalue weighted by Gasteiger charge is 2.40. The fourth-order valence-electron chi connectivity index (χ4n) is 6.22. The molecule has 2 aliphatic rings. The minimum Gasteiger partial charge on any atom is -0.491 e. The molecule has 11 heteroatoms. The number of rotatable bonds is 18. The third-order valence-corrected chi connectivity index (χ3v) is 9.29. The Bertz CT molecular complexity index is 1440. The van der Waals surface area contributed by atoms with Gasteiger partial charge in [0.1, 0.15) is 25.6 Å². The number of carbonyl (C=O) groups is 1. The number of benzene rings is 2. The molecular weight excluding hydrogens is 653 g/mol. The van der Waals surface area contributed by atoms with Crippen molar-refractivity contribution in [3.8, 4) is 17.4 Å². The SMILES string of the molecule is COCCCc1cc(CN(C(=O)[C@H]2CNCC[C@@H]2c2ccc(OCCOc3c(Cl)cc(C)cc3Cl)nc2)C2CC2)cc(OCCOC)c1. The minimum atomic E-state index is -0.187. The molecule has 1 N–H and O–H groups in total. The van der Waals surface area contributed by atoms with Gasteiger partial charge in [-0.2, -0.15) is 0 Å². The Hall–Kier alpha value is -3.08. The van der Waals surface area contributed by atoms with E-state index in [1.165, 1.54) is 5.56 Å². The van der Waals surface area contributed by atoms with Gasteiger partial charge in [-0.3, -0.25) is 4.79 Å². The Labute approximate surface area is 294 Å². The van der Waals surface area contributed by atoms with Crippen LogP contribution in [-0.2, 0) is 27.2 Å². The van der Waals surface area contributed by atoms with Crippen molar-refractivity contribution in [3.05, 3.63) is 81.0 Å². The first-order chi connectivity index (χ1) is 23.4. The average Bonchev–Trinajstić information content (AvgIpc) is 3.92. The molecule has 1 aromatic heterocycles. The molecule has 1 saturated heterocycles. The van der Waals surface area contributed by atoms with Gasteiger partial charge >= 0.3 is 0 Å². The molecule has 2 heterocycles. The van der Waals surface area contributed by atoms with Crippen LogP contribution in [0, 0.1) is 12.8 Å². The number of carbonyl (C=O) groups excluding carboxylic acids is 1. The van der Waals surface area contributed by atoms with Crippen molar-refractivity contribution < 1.29 is 28.5 Å². The average molecular weight is 701 g/mol. The second-order valence-electron chi connectivity index (χ2n) is 12.5. The molecule has 3 aromatic rings. The van der Waals surface area contributed by atoms with Crippen molar-refractivity contribution in [2.24, 2.45) is 5.92 Å². The summed E-state index contributed by atoms with van der Waals surface area (Å²) in [5.74, 6) is 1.81. The lowest BCUT2D eigenvalue weighted by Gasteiger charge is -2.35. The Morgan fingerprint density at radius 1 is 0.896 bits per heavy atom. The van der Waals surface area contributed by atoms with Gasteiger partial charge in [-0.25, -0.2) is 4.98 Å². The summed E-state index contributed by atoms with van der Waals surface area (Å²) in [5, 5.41) is 4.41. The molecule has 1 aliphatic carbocycles. The second-order valence-corrected chi connectivity index (χ2v) is 13.3. The third kappa shape index (κ3) is 10.2. The number of ether oxygens (including phenoxy) is 5. The number of aromatic nitrogens is 1. The normalized spacial score (nSPS) is 17.6. The van der Waals surface area contributed by atoms with Crippen LogP contribution in [0.5, 0.6) is 17.4 Å². The van der Waals surface area contributed by atoms with Crippen molar-refractivity contribution in [1.82, 2.24) is 15.2 Å². The van der Waals surface area contributed by atoms with Gasteiger partial charge in [0.05, 0.1) is 22.6 Å². The van der Waals surface area contributed by atoms with Gasteiger partial charge in [0.25, 0.3) is 0 Å². The number of methoxy groups -OCH3 is 2. The monoisotopic (exact) mass is 699 g/mol. The first-order valence-corrected chi connectivity index (χ1v) is 17.5. The van der Waals surface area contributed by atoms with Gasteiger partial charge in [0.2, 0.25) is 11.8 Å². The molecule has 0 bridgehead atoms. The van der Waals surface area contributed by atoms with E-state index in [9.17, 15) is 4.79 Å². The molecule has 2 atom stereocenters. The van der Waals surface area contributed by atoms with E-state index in [2.05, 4.69) is 33.4 Å². The predicted octanol–water partition coefficient (Wildman–Crippen LogP) is 6.64. The van der Waals surface area contributed by atoms with E-state index < -0.39 is 0 Å². The van der Waals surface area contributed by atoms with Gasteiger partial charge in [0, 0.05) is 52.2 Å². The van der Waals surface area contributed by atoms with E-state index >= 15 is 0 Å². The van der Waals surface area contributed by atoms with Gasteiger partial charge in [-0.15, -0.1) is 0 Å². The zero-order chi connectivity index (χ0) is 33.9. The molecule has 1 saturated carbocycles. The van der Waals surface area contributed by atoms with E-state index in [1.807, 2.05) is 37.4 Å². The number of nitrogens with zero attached hydrogens (tertiary/aromatic N) is 2. The summed E-state index contributed by atoms with van der Waals surface area (Å²) in [6.07, 6.45) is 6.55. The smallest absolute Gasteiger partial charge is 0.228 e. The molecule has 1 aliphatic heterocycles. The maximum atomic E-state index is 14.3. The van der Waals surface area contributed by atoms with Crippen molar-refractivity contribution in [2.45, 2.75) is 57.5 Å². The van der Waals surface area contributed by atoms with Crippen LogP contribution in [-0.4, -0.2) is 82.2 Å². The topological polar surface area (TPSA) is 91.4 Å². The summed E-state index contributed by atoms with van der Waals surface area (Å²) < 4.78 is 28.1. The first-order valence-electron chi connectivity index (χ1n) is 16.8.